The molecule has 1 aliphatic carbocycles. The number of piperazine rings is 1. The van der Waals surface area contributed by atoms with Crippen molar-refractivity contribution in [1.82, 2.24) is 19.9 Å². The molecule has 2 aromatic rings. The second-order valence-corrected chi connectivity index (χ2v) is 11.0. The number of carbonyl (C=O) groups is 2. The van der Waals surface area contributed by atoms with E-state index in [1.807, 2.05) is 27.7 Å². The van der Waals surface area contributed by atoms with Crippen molar-refractivity contribution < 1.29 is 23.5 Å². The van der Waals surface area contributed by atoms with Crippen LogP contribution in [0.1, 0.15) is 84.3 Å². The zero-order chi connectivity index (χ0) is 27.3. The number of rotatable bonds is 6. The lowest BCUT2D eigenvalue weighted by molar-refractivity contribution is -0.0794. The van der Waals surface area contributed by atoms with E-state index < -0.39 is 17.4 Å². The van der Waals surface area contributed by atoms with Gasteiger partial charge in [0.25, 0.3) is 11.8 Å². The van der Waals surface area contributed by atoms with Gasteiger partial charge in [-0.15, -0.1) is 0 Å². The van der Waals surface area contributed by atoms with Crippen molar-refractivity contribution >= 4 is 23.5 Å². The predicted octanol–water partition coefficient (Wildman–Crippen LogP) is 4.26. The van der Waals surface area contributed by atoms with E-state index in [4.69, 9.17) is 0 Å². The summed E-state index contributed by atoms with van der Waals surface area (Å²) in [7, 11) is 0. The van der Waals surface area contributed by atoms with E-state index in [0.717, 1.165) is 0 Å². The van der Waals surface area contributed by atoms with Gasteiger partial charge in [0.2, 0.25) is 0 Å². The van der Waals surface area contributed by atoms with Crippen LogP contribution in [0.25, 0.3) is 0 Å². The minimum atomic E-state index is -2.64. The lowest BCUT2D eigenvalue weighted by Crippen LogP contribution is -2.61. The Bertz CT molecular complexity index is 1200. The second-order valence-electron chi connectivity index (χ2n) is 11.0. The van der Waals surface area contributed by atoms with E-state index in [1.54, 1.807) is 24.8 Å². The summed E-state index contributed by atoms with van der Waals surface area (Å²) in [6.45, 7) is 12.7. The fourth-order valence-corrected chi connectivity index (χ4v) is 5.14. The maximum atomic E-state index is 13.6. The number of amides is 1. The van der Waals surface area contributed by atoms with Crippen LogP contribution in [-0.2, 0) is 0 Å². The third-order valence-corrected chi connectivity index (χ3v) is 7.07. The first-order valence-electron chi connectivity index (χ1n) is 12.5. The molecule has 2 aromatic heterocycles. The SMILES string of the molecule is Cc1cc(N2CCN(C(=O)c3cnc(NC4CC(F)(F)C4)c(C(C)C)n3)C(C)(C)C2)nc(C)c1C(=O)O. The second kappa shape index (κ2) is 9.50. The van der Waals surface area contributed by atoms with Gasteiger partial charge < -0.3 is 20.2 Å². The van der Waals surface area contributed by atoms with Crippen LogP contribution in [0.5, 0.6) is 0 Å². The molecule has 2 aliphatic rings. The van der Waals surface area contributed by atoms with Crippen molar-refractivity contribution in [3.05, 3.63) is 40.5 Å². The smallest absolute Gasteiger partial charge is 0.337 e. The molecule has 0 unspecified atom stereocenters. The molecule has 0 bridgehead atoms. The lowest BCUT2D eigenvalue weighted by Gasteiger charge is -2.47. The number of hydrogen-bond donors (Lipinski definition) is 2. The number of carbonyl (C=O) groups excluding carboxylic acids is 1. The first-order valence-corrected chi connectivity index (χ1v) is 12.5. The van der Waals surface area contributed by atoms with E-state index in [1.165, 1.54) is 6.20 Å². The van der Waals surface area contributed by atoms with Crippen LogP contribution in [0, 0.1) is 13.8 Å². The minimum Gasteiger partial charge on any atom is -0.478 e. The standard InChI is InChI=1S/C26H34F2N6O3/c1-14(2)21-22(31-17-10-26(27,28)11-17)29-12-18(32-21)23(35)34-8-7-33(13-25(34,5)6)19-9-15(3)20(24(36)37)16(4)30-19/h9,12,14,17H,7-8,10-11,13H2,1-6H3,(H,29,31)(H,36,37). The van der Waals surface area contributed by atoms with Gasteiger partial charge in [-0.25, -0.2) is 28.5 Å². The van der Waals surface area contributed by atoms with Crippen LogP contribution in [0.2, 0.25) is 0 Å². The van der Waals surface area contributed by atoms with Crippen molar-refractivity contribution in [2.75, 3.05) is 29.9 Å². The van der Waals surface area contributed by atoms with Crippen molar-refractivity contribution in [1.29, 1.82) is 0 Å². The maximum absolute atomic E-state index is 13.6. The molecule has 2 fully saturated rings. The summed E-state index contributed by atoms with van der Waals surface area (Å²) < 4.78 is 26.5. The highest BCUT2D eigenvalue weighted by Crippen LogP contribution is 2.39. The summed E-state index contributed by atoms with van der Waals surface area (Å²) >= 11 is 0. The average molecular weight is 517 g/mol. The third kappa shape index (κ3) is 5.35. The van der Waals surface area contributed by atoms with Gasteiger partial charge in [0.15, 0.2) is 0 Å². The van der Waals surface area contributed by atoms with Crippen molar-refractivity contribution in [3.63, 3.8) is 0 Å². The van der Waals surface area contributed by atoms with E-state index in [0.29, 0.717) is 48.2 Å². The number of nitrogens with zero attached hydrogens (tertiary/aromatic N) is 5. The topological polar surface area (TPSA) is 112 Å². The highest BCUT2D eigenvalue weighted by molar-refractivity contribution is 5.93. The molecule has 1 aliphatic heterocycles. The minimum absolute atomic E-state index is 0.0560. The number of nitrogens with one attached hydrogen (secondary N) is 1. The molecular formula is C26H34F2N6O3. The molecule has 200 valence electrons. The number of anilines is 2. The number of aromatic nitrogens is 3. The normalized spacial score (nSPS) is 19.1. The van der Waals surface area contributed by atoms with Crippen LogP contribution in [0.15, 0.2) is 12.3 Å². The Morgan fingerprint density at radius 2 is 1.84 bits per heavy atom. The van der Waals surface area contributed by atoms with E-state index >= 15 is 0 Å². The van der Waals surface area contributed by atoms with E-state index in [9.17, 15) is 23.5 Å². The number of carboxylic acids is 1. The van der Waals surface area contributed by atoms with Gasteiger partial charge in [0, 0.05) is 38.5 Å². The quantitative estimate of drug-likeness (QED) is 0.586. The van der Waals surface area contributed by atoms with Crippen molar-refractivity contribution in [3.8, 4) is 0 Å². The number of carboxylic acid groups (broad SMARTS) is 1. The fraction of sp³-hybridized carbons (Fsp3) is 0.577. The summed E-state index contributed by atoms with van der Waals surface area (Å²) in [5.41, 5.74) is 1.52. The third-order valence-electron chi connectivity index (χ3n) is 7.07. The summed E-state index contributed by atoms with van der Waals surface area (Å²) in [5.74, 6) is -2.82. The summed E-state index contributed by atoms with van der Waals surface area (Å²) in [5, 5.41) is 12.5. The number of halogens is 2. The van der Waals surface area contributed by atoms with Crippen molar-refractivity contribution in [2.24, 2.45) is 0 Å². The molecule has 0 aromatic carbocycles. The molecule has 1 saturated heterocycles. The van der Waals surface area contributed by atoms with Crippen LogP contribution < -0.4 is 10.2 Å². The largest absolute Gasteiger partial charge is 0.478 e. The van der Waals surface area contributed by atoms with Crippen molar-refractivity contribution in [2.45, 2.75) is 77.8 Å². The number of aromatic carboxylic acids is 1. The Hall–Kier alpha value is -3.37. The number of pyridine rings is 1. The number of aryl methyl sites for hydroxylation is 2. The Labute approximate surface area is 215 Å². The first kappa shape index (κ1) is 26.7. The molecule has 0 spiro atoms. The molecule has 0 atom stereocenters. The van der Waals surface area contributed by atoms with Gasteiger partial charge in [-0.1, -0.05) is 13.8 Å². The molecule has 37 heavy (non-hydrogen) atoms. The molecule has 9 nitrogen and oxygen atoms in total. The monoisotopic (exact) mass is 516 g/mol. The Morgan fingerprint density at radius 1 is 1.16 bits per heavy atom. The van der Waals surface area contributed by atoms with Crippen LogP contribution in [0.3, 0.4) is 0 Å². The summed E-state index contributed by atoms with van der Waals surface area (Å²) in [6, 6.07) is 1.41. The van der Waals surface area contributed by atoms with Gasteiger partial charge in [-0.05, 0) is 45.2 Å². The first-order chi connectivity index (χ1) is 17.2. The van der Waals surface area contributed by atoms with Crippen LogP contribution in [-0.4, -0.2) is 74.0 Å². The average Bonchev–Trinajstić information content (AvgIpc) is 2.76. The van der Waals surface area contributed by atoms with E-state index in [2.05, 4.69) is 25.2 Å². The van der Waals surface area contributed by atoms with Gasteiger partial charge >= 0.3 is 5.97 Å². The molecular weight excluding hydrogens is 482 g/mol. The highest BCUT2D eigenvalue weighted by Gasteiger charge is 2.46. The molecule has 1 amide bonds. The molecule has 11 heteroatoms. The molecule has 0 radical (unpaired) electrons. The number of hydrogen-bond acceptors (Lipinski definition) is 7. The van der Waals surface area contributed by atoms with Gasteiger partial charge in [0.05, 0.1) is 28.7 Å². The van der Waals surface area contributed by atoms with Crippen LogP contribution in [0.4, 0.5) is 20.4 Å². The Morgan fingerprint density at radius 3 is 2.38 bits per heavy atom. The molecule has 1 saturated carbocycles. The van der Waals surface area contributed by atoms with Gasteiger partial charge in [0.1, 0.15) is 17.3 Å². The zero-order valence-corrected chi connectivity index (χ0v) is 22.1. The maximum Gasteiger partial charge on any atom is 0.337 e. The van der Waals surface area contributed by atoms with Gasteiger partial charge in [-0.3, -0.25) is 4.79 Å². The Balaban J connectivity index is 1.52. The Kier molecular flexibility index (Phi) is 6.85. The zero-order valence-electron chi connectivity index (χ0n) is 22.1. The summed E-state index contributed by atoms with van der Waals surface area (Å²) in [4.78, 5) is 42.4. The fourth-order valence-electron chi connectivity index (χ4n) is 5.14. The van der Waals surface area contributed by atoms with E-state index in [-0.39, 0.29) is 42.0 Å². The predicted molar refractivity (Wildman–Crippen MR) is 136 cm³/mol. The molecule has 3 heterocycles. The molecule has 4 rings (SSSR count). The highest BCUT2D eigenvalue weighted by atomic mass is 19.3. The molecule has 2 N–H and O–H groups in total. The van der Waals surface area contributed by atoms with Crippen LogP contribution >= 0.6 is 0 Å². The van der Waals surface area contributed by atoms with Gasteiger partial charge in [-0.2, -0.15) is 0 Å². The summed E-state index contributed by atoms with van der Waals surface area (Å²) in [6.07, 6.45) is 0.936. The number of alkyl halides is 2. The lowest BCUT2D eigenvalue weighted by atomic mass is 9.88.